The van der Waals surface area contributed by atoms with Crippen molar-refractivity contribution in [2.75, 3.05) is 0 Å². The number of hydrogen-bond donors (Lipinski definition) is 3. The molecule has 0 aromatic heterocycles. The first-order chi connectivity index (χ1) is 25.5. The second-order valence-electron chi connectivity index (χ2n) is 17.4. The number of nitrogens with one attached hydrogen (secondary N) is 2. The molecule has 0 saturated heterocycles. The molecule has 11 heteroatoms. The summed E-state index contributed by atoms with van der Waals surface area (Å²) in [4.78, 5) is 26.8. The van der Waals surface area contributed by atoms with Gasteiger partial charge in [-0.3, -0.25) is 9.59 Å². The van der Waals surface area contributed by atoms with Crippen molar-refractivity contribution in [3.63, 3.8) is 0 Å². The van der Waals surface area contributed by atoms with E-state index in [2.05, 4.69) is 17.6 Å². The van der Waals surface area contributed by atoms with Gasteiger partial charge in [0.15, 0.2) is 9.84 Å². The molecule has 308 valence electrons. The monoisotopic (exact) mass is 822 g/mol. The Morgan fingerprint density at radius 1 is 0.679 bits per heavy atom. The van der Waals surface area contributed by atoms with E-state index in [9.17, 15) is 23.1 Å². The van der Waals surface area contributed by atoms with E-state index in [1.54, 1.807) is 6.92 Å². The normalized spacial score (nSPS) is 34.2. The molecule has 4 aliphatic carbocycles. The molecule has 0 aliphatic heterocycles. The molecule has 0 aromatic rings. The SMILES string of the molecule is CCCCCCCCCCCCCCCC1CC(S(=O)(=O)C(CC)C(=O)NC2CC(O)C(NC(=O)C3CCC(Cl)C(Cl)C3)CC2Cl)CC2CCCCC12. The highest BCUT2D eigenvalue weighted by atomic mass is 35.5. The Kier molecular flexibility index (Phi) is 19.9. The fraction of sp³-hybridized carbons (Fsp3) is 0.952. The van der Waals surface area contributed by atoms with Crippen LogP contribution >= 0.6 is 34.8 Å². The van der Waals surface area contributed by atoms with Gasteiger partial charge < -0.3 is 15.7 Å². The van der Waals surface area contributed by atoms with Crippen LogP contribution in [-0.2, 0) is 19.4 Å². The maximum absolute atomic E-state index is 14.3. The summed E-state index contributed by atoms with van der Waals surface area (Å²) in [6, 6.07) is -1.14. The number of carbonyl (C=O) groups is 2. The van der Waals surface area contributed by atoms with Gasteiger partial charge in [0.05, 0.1) is 28.1 Å². The molecule has 2 amide bonds. The third-order valence-corrected chi connectivity index (χ3v) is 17.8. The van der Waals surface area contributed by atoms with Crippen molar-refractivity contribution in [1.29, 1.82) is 0 Å². The Balaban J connectivity index is 1.24. The van der Waals surface area contributed by atoms with Crippen molar-refractivity contribution in [1.82, 2.24) is 10.6 Å². The van der Waals surface area contributed by atoms with Crippen LogP contribution in [0.15, 0.2) is 0 Å². The van der Waals surface area contributed by atoms with Gasteiger partial charge in [-0.1, -0.05) is 123 Å². The molecular weight excluding hydrogens is 751 g/mol. The van der Waals surface area contributed by atoms with Gasteiger partial charge in [-0.05, 0) is 75.5 Å². The molecule has 0 spiro atoms. The Bertz CT molecular complexity index is 1210. The largest absolute Gasteiger partial charge is 0.391 e. The highest BCUT2D eigenvalue weighted by molar-refractivity contribution is 7.93. The van der Waals surface area contributed by atoms with Crippen LogP contribution in [0.4, 0.5) is 0 Å². The zero-order valence-corrected chi connectivity index (χ0v) is 36.0. The smallest absolute Gasteiger partial charge is 0.238 e. The Hall–Kier alpha value is -0.280. The lowest BCUT2D eigenvalue weighted by molar-refractivity contribution is -0.128. The zero-order valence-electron chi connectivity index (χ0n) is 32.9. The van der Waals surface area contributed by atoms with E-state index in [0.717, 1.165) is 12.8 Å². The average Bonchev–Trinajstić information content (AvgIpc) is 3.13. The van der Waals surface area contributed by atoms with E-state index in [-0.39, 0.29) is 41.8 Å². The molecule has 7 nitrogen and oxygen atoms in total. The molecule has 12 atom stereocenters. The quantitative estimate of drug-likeness (QED) is 0.0789. The van der Waals surface area contributed by atoms with Crippen LogP contribution in [-0.4, -0.2) is 70.2 Å². The van der Waals surface area contributed by atoms with Crippen LogP contribution in [0.2, 0.25) is 0 Å². The lowest BCUT2D eigenvalue weighted by atomic mass is 9.64. The van der Waals surface area contributed by atoms with Crippen molar-refractivity contribution >= 4 is 56.5 Å². The van der Waals surface area contributed by atoms with E-state index in [1.807, 2.05) is 0 Å². The highest BCUT2D eigenvalue weighted by Gasteiger charge is 2.47. The number of hydrogen-bond acceptors (Lipinski definition) is 5. The predicted octanol–water partition coefficient (Wildman–Crippen LogP) is 9.99. The molecule has 12 unspecified atom stereocenters. The van der Waals surface area contributed by atoms with Crippen molar-refractivity contribution in [3.8, 4) is 0 Å². The summed E-state index contributed by atoms with van der Waals surface area (Å²) < 4.78 is 28.6. The molecule has 3 N–H and O–H groups in total. The number of rotatable bonds is 21. The van der Waals surface area contributed by atoms with Gasteiger partial charge in [0.25, 0.3) is 0 Å². The minimum Gasteiger partial charge on any atom is -0.391 e. The standard InChI is InChI=1S/C42H73Cl3N2O5S/c1-3-5-6-7-8-9-10-11-12-13-14-15-16-19-29-24-32(25-30-20-17-18-21-33(29)30)53(51,52)40(4-2)42(50)46-37-28-39(48)38(27-36(37)45)47-41(49)31-22-23-34(43)35(44)26-31/h29-40,48H,3-28H2,1-2H3,(H,46,50)(H,47,49). The van der Waals surface area contributed by atoms with Crippen LogP contribution in [0.5, 0.6) is 0 Å². The first-order valence-electron chi connectivity index (χ1n) is 21.9. The van der Waals surface area contributed by atoms with Crippen LogP contribution in [0.25, 0.3) is 0 Å². The number of carbonyl (C=O) groups excluding carboxylic acids is 2. The zero-order chi connectivity index (χ0) is 38.4. The molecule has 0 aromatic carbocycles. The average molecular weight is 824 g/mol. The summed E-state index contributed by atoms with van der Waals surface area (Å²) in [5.74, 6) is 0.518. The Morgan fingerprint density at radius 2 is 1.30 bits per heavy atom. The minimum atomic E-state index is -3.74. The maximum Gasteiger partial charge on any atom is 0.238 e. The summed E-state index contributed by atoms with van der Waals surface area (Å²) in [7, 11) is -3.74. The predicted molar refractivity (Wildman–Crippen MR) is 221 cm³/mol. The second-order valence-corrected chi connectivity index (χ2v) is 21.5. The highest BCUT2D eigenvalue weighted by Crippen LogP contribution is 2.48. The van der Waals surface area contributed by atoms with Gasteiger partial charge in [-0.15, -0.1) is 34.8 Å². The van der Waals surface area contributed by atoms with Crippen molar-refractivity contribution in [2.45, 2.75) is 226 Å². The number of aliphatic hydroxyl groups is 1. The summed E-state index contributed by atoms with van der Waals surface area (Å²) in [6.07, 6.45) is 25.9. The lowest BCUT2D eigenvalue weighted by Gasteiger charge is -2.45. The molecular formula is C42H73Cl3N2O5S. The van der Waals surface area contributed by atoms with E-state index >= 15 is 0 Å². The third-order valence-electron chi connectivity index (χ3n) is 13.5. The maximum atomic E-state index is 14.3. The van der Waals surface area contributed by atoms with E-state index in [4.69, 9.17) is 34.8 Å². The topological polar surface area (TPSA) is 113 Å². The molecule has 0 bridgehead atoms. The Morgan fingerprint density at radius 3 is 1.92 bits per heavy atom. The minimum absolute atomic E-state index is 0.141. The van der Waals surface area contributed by atoms with Crippen molar-refractivity contribution in [3.05, 3.63) is 0 Å². The summed E-state index contributed by atoms with van der Waals surface area (Å²) in [6.45, 7) is 4.05. The van der Waals surface area contributed by atoms with Crippen LogP contribution in [0.1, 0.15) is 181 Å². The van der Waals surface area contributed by atoms with Crippen LogP contribution < -0.4 is 10.6 Å². The van der Waals surface area contributed by atoms with E-state index in [0.29, 0.717) is 49.9 Å². The van der Waals surface area contributed by atoms with Gasteiger partial charge in [0, 0.05) is 17.3 Å². The van der Waals surface area contributed by atoms with Crippen molar-refractivity contribution in [2.24, 2.45) is 23.7 Å². The van der Waals surface area contributed by atoms with E-state index in [1.165, 1.54) is 103 Å². The summed E-state index contributed by atoms with van der Waals surface area (Å²) >= 11 is 19.3. The lowest BCUT2D eigenvalue weighted by Crippen LogP contribution is -2.58. The van der Waals surface area contributed by atoms with Gasteiger partial charge in [-0.25, -0.2) is 8.42 Å². The van der Waals surface area contributed by atoms with Gasteiger partial charge in [0.1, 0.15) is 5.25 Å². The number of unbranched alkanes of at least 4 members (excludes halogenated alkanes) is 12. The third kappa shape index (κ3) is 13.7. The second kappa shape index (κ2) is 23.2. The molecule has 4 aliphatic rings. The molecule has 0 heterocycles. The first kappa shape index (κ1) is 45.4. The number of halogens is 3. The fourth-order valence-corrected chi connectivity index (χ4v) is 13.5. The Labute approximate surface area is 337 Å². The van der Waals surface area contributed by atoms with Crippen LogP contribution in [0, 0.1) is 23.7 Å². The molecule has 4 rings (SSSR count). The number of amides is 2. The number of alkyl halides is 3. The summed E-state index contributed by atoms with van der Waals surface area (Å²) in [5, 5.41) is 14.3. The van der Waals surface area contributed by atoms with Crippen LogP contribution in [0.3, 0.4) is 0 Å². The molecule has 4 fully saturated rings. The fourth-order valence-electron chi connectivity index (χ4n) is 10.3. The number of sulfone groups is 1. The molecule has 53 heavy (non-hydrogen) atoms. The van der Waals surface area contributed by atoms with Gasteiger partial charge in [-0.2, -0.15) is 0 Å². The van der Waals surface area contributed by atoms with Gasteiger partial charge in [0.2, 0.25) is 11.8 Å². The number of fused-ring (bicyclic) bond motifs is 1. The van der Waals surface area contributed by atoms with E-state index < -0.39 is 49.8 Å². The van der Waals surface area contributed by atoms with Gasteiger partial charge >= 0.3 is 0 Å². The summed E-state index contributed by atoms with van der Waals surface area (Å²) in [5.41, 5.74) is 0. The van der Waals surface area contributed by atoms with Crippen molar-refractivity contribution < 1.29 is 23.1 Å². The molecule has 0 radical (unpaired) electrons. The molecule has 4 saturated carbocycles. The number of aliphatic hydroxyl groups excluding tert-OH is 1. The first-order valence-corrected chi connectivity index (χ1v) is 24.8.